The van der Waals surface area contributed by atoms with Gasteiger partial charge >= 0.3 is 0 Å². The van der Waals surface area contributed by atoms with E-state index in [1.54, 1.807) is 12.1 Å². The van der Waals surface area contributed by atoms with Crippen molar-refractivity contribution >= 4 is 34.7 Å². The van der Waals surface area contributed by atoms with Gasteiger partial charge in [0, 0.05) is 18.8 Å². The van der Waals surface area contributed by atoms with Gasteiger partial charge in [0.25, 0.3) is 5.91 Å². The Labute approximate surface area is 215 Å². The van der Waals surface area contributed by atoms with E-state index in [4.69, 9.17) is 4.74 Å². The molecule has 8 heteroatoms. The highest BCUT2D eigenvalue weighted by molar-refractivity contribution is 7.12. The highest BCUT2D eigenvalue weighted by atomic mass is 32.1. The van der Waals surface area contributed by atoms with Gasteiger partial charge in [-0.1, -0.05) is 48.5 Å². The molecule has 1 fully saturated rings. The van der Waals surface area contributed by atoms with Crippen molar-refractivity contribution < 1.29 is 19.1 Å². The Morgan fingerprint density at radius 1 is 1.03 bits per heavy atom. The minimum atomic E-state index is -0.917. The van der Waals surface area contributed by atoms with Gasteiger partial charge in [-0.2, -0.15) is 0 Å². The zero-order valence-electron chi connectivity index (χ0n) is 20.5. The van der Waals surface area contributed by atoms with Crippen molar-refractivity contribution in [3.63, 3.8) is 0 Å². The quantitative estimate of drug-likeness (QED) is 0.457. The molecule has 1 saturated heterocycles. The van der Waals surface area contributed by atoms with Crippen molar-refractivity contribution in [1.29, 1.82) is 0 Å². The molecule has 7 nitrogen and oxygen atoms in total. The third kappa shape index (κ3) is 6.01. The maximum absolute atomic E-state index is 13.8. The molecule has 2 heterocycles. The van der Waals surface area contributed by atoms with E-state index in [0.29, 0.717) is 29.3 Å². The first-order chi connectivity index (χ1) is 17.5. The monoisotopic (exact) mass is 505 g/mol. The first-order valence-corrected chi connectivity index (χ1v) is 13.0. The summed E-state index contributed by atoms with van der Waals surface area (Å²) in [5, 5.41) is 7.53. The SMILES string of the molecule is Cc1cccc(N(C(=O)CNC(=O)c2cccs2)[C@@H](C(=O)NC[C@@H]2CCCO2)c2ccccc2)c1C. The number of aryl methyl sites for hydroxylation is 1. The van der Waals surface area contributed by atoms with Crippen molar-refractivity contribution in [1.82, 2.24) is 10.6 Å². The molecular weight excluding hydrogens is 474 g/mol. The predicted molar refractivity (Wildman–Crippen MR) is 141 cm³/mol. The van der Waals surface area contributed by atoms with E-state index in [2.05, 4.69) is 10.6 Å². The Balaban J connectivity index is 1.67. The Morgan fingerprint density at radius 2 is 1.83 bits per heavy atom. The highest BCUT2D eigenvalue weighted by Crippen LogP contribution is 2.32. The van der Waals surface area contributed by atoms with Gasteiger partial charge in [-0.05, 0) is 60.9 Å². The summed E-state index contributed by atoms with van der Waals surface area (Å²) in [6.07, 6.45) is 1.84. The number of anilines is 1. The summed E-state index contributed by atoms with van der Waals surface area (Å²) >= 11 is 1.31. The molecule has 1 aliphatic rings. The van der Waals surface area contributed by atoms with Gasteiger partial charge in [0.1, 0.15) is 6.04 Å². The van der Waals surface area contributed by atoms with Crippen molar-refractivity contribution in [3.8, 4) is 0 Å². The van der Waals surface area contributed by atoms with Crippen LogP contribution in [0.2, 0.25) is 0 Å². The topological polar surface area (TPSA) is 87.7 Å². The van der Waals surface area contributed by atoms with Gasteiger partial charge in [0.2, 0.25) is 11.8 Å². The van der Waals surface area contributed by atoms with E-state index in [0.717, 1.165) is 24.0 Å². The van der Waals surface area contributed by atoms with E-state index in [9.17, 15) is 14.4 Å². The van der Waals surface area contributed by atoms with Crippen LogP contribution in [0.5, 0.6) is 0 Å². The normalized spacial score (nSPS) is 15.8. The zero-order chi connectivity index (χ0) is 25.5. The number of nitrogens with one attached hydrogen (secondary N) is 2. The van der Waals surface area contributed by atoms with E-state index >= 15 is 0 Å². The summed E-state index contributed by atoms with van der Waals surface area (Å²) in [6, 6.07) is 17.5. The average molecular weight is 506 g/mol. The number of hydrogen-bond donors (Lipinski definition) is 2. The van der Waals surface area contributed by atoms with Crippen molar-refractivity contribution in [2.45, 2.75) is 38.8 Å². The highest BCUT2D eigenvalue weighted by Gasteiger charge is 2.34. The minimum Gasteiger partial charge on any atom is -0.376 e. The van der Waals surface area contributed by atoms with Gasteiger partial charge in [0.05, 0.1) is 17.5 Å². The molecule has 0 unspecified atom stereocenters. The van der Waals surface area contributed by atoms with Gasteiger partial charge in [-0.25, -0.2) is 0 Å². The summed E-state index contributed by atoms with van der Waals surface area (Å²) in [6.45, 7) is 4.73. The van der Waals surface area contributed by atoms with Crippen molar-refractivity contribution in [2.75, 3.05) is 24.6 Å². The molecule has 188 valence electrons. The zero-order valence-corrected chi connectivity index (χ0v) is 21.3. The first kappa shape index (κ1) is 25.6. The molecule has 1 aromatic heterocycles. The lowest BCUT2D eigenvalue weighted by molar-refractivity contribution is -0.126. The second-order valence-corrected chi connectivity index (χ2v) is 9.78. The van der Waals surface area contributed by atoms with Crippen LogP contribution < -0.4 is 15.5 Å². The molecule has 0 spiro atoms. The Hall–Kier alpha value is -3.49. The molecule has 4 rings (SSSR count). The van der Waals surface area contributed by atoms with Crippen LogP contribution in [-0.2, 0) is 14.3 Å². The van der Waals surface area contributed by atoms with Crippen LogP contribution in [0.25, 0.3) is 0 Å². The predicted octanol–water partition coefficient (Wildman–Crippen LogP) is 4.16. The number of benzene rings is 2. The molecule has 3 amide bonds. The molecule has 0 bridgehead atoms. The Bertz CT molecular complexity index is 1190. The number of nitrogens with zero attached hydrogens (tertiary/aromatic N) is 1. The van der Waals surface area contributed by atoms with Gasteiger partial charge in [-0.3, -0.25) is 19.3 Å². The Morgan fingerprint density at radius 3 is 2.53 bits per heavy atom. The molecule has 0 aliphatic carbocycles. The molecule has 0 radical (unpaired) electrons. The maximum atomic E-state index is 13.8. The summed E-state index contributed by atoms with van der Waals surface area (Å²) in [7, 11) is 0. The van der Waals surface area contributed by atoms with E-state index in [-0.39, 0.29) is 30.4 Å². The first-order valence-electron chi connectivity index (χ1n) is 12.1. The Kier molecular flexibility index (Phi) is 8.51. The lowest BCUT2D eigenvalue weighted by Crippen LogP contribution is -2.48. The van der Waals surface area contributed by atoms with Crippen LogP contribution in [-0.4, -0.2) is 43.5 Å². The third-order valence-electron chi connectivity index (χ3n) is 6.40. The summed E-state index contributed by atoms with van der Waals surface area (Å²) in [5.41, 5.74) is 3.20. The summed E-state index contributed by atoms with van der Waals surface area (Å²) < 4.78 is 5.67. The molecule has 36 heavy (non-hydrogen) atoms. The van der Waals surface area contributed by atoms with Crippen LogP contribution in [0.15, 0.2) is 66.0 Å². The summed E-state index contributed by atoms with van der Waals surface area (Å²) in [4.78, 5) is 42.0. The molecule has 2 N–H and O–H groups in total. The number of carbonyl (C=O) groups excluding carboxylic acids is 3. The number of hydrogen-bond acceptors (Lipinski definition) is 5. The van der Waals surface area contributed by atoms with E-state index in [1.165, 1.54) is 16.2 Å². The van der Waals surface area contributed by atoms with Crippen LogP contribution >= 0.6 is 11.3 Å². The van der Waals surface area contributed by atoms with Crippen LogP contribution in [0.3, 0.4) is 0 Å². The number of carbonyl (C=O) groups is 3. The molecule has 2 atom stereocenters. The second kappa shape index (κ2) is 12.0. The second-order valence-electron chi connectivity index (χ2n) is 8.84. The fourth-order valence-electron chi connectivity index (χ4n) is 4.32. The number of ether oxygens (including phenoxy) is 1. The third-order valence-corrected chi connectivity index (χ3v) is 7.27. The van der Waals surface area contributed by atoms with Crippen LogP contribution in [0, 0.1) is 13.8 Å². The van der Waals surface area contributed by atoms with E-state index in [1.807, 2.05) is 67.8 Å². The minimum absolute atomic E-state index is 0.0275. The number of thiophene rings is 1. The molecule has 1 aliphatic heterocycles. The van der Waals surface area contributed by atoms with Gasteiger partial charge in [-0.15, -0.1) is 11.3 Å². The molecule has 2 aromatic carbocycles. The smallest absolute Gasteiger partial charge is 0.261 e. The average Bonchev–Trinajstić information content (AvgIpc) is 3.61. The maximum Gasteiger partial charge on any atom is 0.261 e. The molecular formula is C28H31N3O4S. The lowest BCUT2D eigenvalue weighted by Gasteiger charge is -2.33. The fraction of sp³-hybridized carbons (Fsp3) is 0.321. The van der Waals surface area contributed by atoms with E-state index < -0.39 is 6.04 Å². The van der Waals surface area contributed by atoms with Gasteiger partial charge in [0.15, 0.2) is 0 Å². The lowest BCUT2D eigenvalue weighted by atomic mass is 10.00. The van der Waals surface area contributed by atoms with Gasteiger partial charge < -0.3 is 15.4 Å². The number of rotatable bonds is 9. The number of amides is 3. The standard InChI is InChI=1S/C28H31N3O4S/c1-19-9-6-13-23(20(19)2)31(25(32)18-30-27(33)24-14-8-16-36-24)26(21-10-4-3-5-11-21)28(34)29-17-22-12-7-15-35-22/h3-6,8-11,13-14,16,22,26H,7,12,15,17-18H2,1-2H3,(H,29,34)(H,30,33)/t22-,26+/m0/s1. The van der Waals surface area contributed by atoms with Crippen LogP contribution in [0.4, 0.5) is 5.69 Å². The van der Waals surface area contributed by atoms with Crippen molar-refractivity contribution in [2.24, 2.45) is 0 Å². The molecule has 0 saturated carbocycles. The molecule has 3 aromatic rings. The largest absolute Gasteiger partial charge is 0.376 e. The van der Waals surface area contributed by atoms with Crippen LogP contribution in [0.1, 0.15) is 45.2 Å². The van der Waals surface area contributed by atoms with Crippen molar-refractivity contribution in [3.05, 3.63) is 87.6 Å². The fourth-order valence-corrected chi connectivity index (χ4v) is 4.96. The summed E-state index contributed by atoms with van der Waals surface area (Å²) in [5.74, 6) is -0.997.